The second kappa shape index (κ2) is 32.1. The fraction of sp³-hybridized carbons (Fsp3) is 0.591. The van der Waals surface area contributed by atoms with E-state index >= 15 is 0 Å². The van der Waals surface area contributed by atoms with Gasteiger partial charge in [0.2, 0.25) is 0 Å². The average molecular weight is 553 g/mol. The van der Waals surface area contributed by atoms with Crippen LogP contribution in [0.3, 0.4) is 0 Å². The summed E-state index contributed by atoms with van der Waals surface area (Å²) in [7, 11) is 0. The van der Waals surface area contributed by atoms with Gasteiger partial charge in [-0.2, -0.15) is 0 Å². The second-order valence-corrected chi connectivity index (χ2v) is 5.87. The Kier molecular flexibility index (Phi) is 40.0. The van der Waals surface area contributed by atoms with E-state index in [1.165, 1.54) is 0 Å². The molecule has 0 aromatic heterocycles. The minimum atomic E-state index is -0.784. The van der Waals surface area contributed by atoms with Crippen molar-refractivity contribution in [3.05, 3.63) is 20.8 Å². The molecular weight excluding hydrogens is 515 g/mol. The van der Waals surface area contributed by atoms with E-state index in [0.29, 0.717) is 25.9 Å². The molecule has 0 amide bonds. The maximum absolute atomic E-state index is 10.4. The number of aliphatic hydroxyl groups is 1. The molecule has 0 saturated carbocycles. The monoisotopic (exact) mass is 551 g/mol. The number of esters is 6. The Bertz CT molecular complexity index is 474. The standard InChI is InChI=1S/3C6H9O3.C4H10O.Zr/c3*1-3-4-6(8)9-5(2)7;1-2-3-4-5;/h3*2-4H2,1H3;5H,2-4H2,1H3;/q3*-1;;+3. The maximum Gasteiger partial charge on any atom is 3.00 e. The van der Waals surface area contributed by atoms with Gasteiger partial charge >= 0.3 is 44.1 Å². The van der Waals surface area contributed by atoms with Crippen LogP contribution >= 0.6 is 0 Å². The van der Waals surface area contributed by atoms with Crippen LogP contribution < -0.4 is 0 Å². The van der Waals surface area contributed by atoms with Crippen LogP contribution in [0.15, 0.2) is 0 Å². The number of hydrogen-bond donors (Lipinski definition) is 1. The predicted molar refractivity (Wildman–Crippen MR) is 116 cm³/mol. The Morgan fingerprint density at radius 3 is 0.909 bits per heavy atom. The first-order valence-electron chi connectivity index (χ1n) is 10.2. The Morgan fingerprint density at radius 1 is 0.576 bits per heavy atom. The summed E-state index contributed by atoms with van der Waals surface area (Å²) in [5.41, 5.74) is 0. The van der Waals surface area contributed by atoms with Gasteiger partial charge in [0.1, 0.15) is 0 Å². The number of carbonyl (C=O) groups is 6. The van der Waals surface area contributed by atoms with Crippen molar-refractivity contribution in [3.8, 4) is 0 Å². The van der Waals surface area contributed by atoms with Crippen molar-refractivity contribution in [2.75, 3.05) is 6.61 Å². The molecule has 0 aliphatic heterocycles. The molecule has 0 spiro atoms. The molecule has 0 aliphatic rings. The minimum Gasteiger partial charge on any atom is -0.421 e. The minimum absolute atomic E-state index is 0. The Morgan fingerprint density at radius 2 is 0.818 bits per heavy atom. The van der Waals surface area contributed by atoms with Crippen molar-refractivity contribution in [1.29, 1.82) is 0 Å². The summed E-state index contributed by atoms with van der Waals surface area (Å²) >= 11 is 0. The van der Waals surface area contributed by atoms with Crippen molar-refractivity contribution < 1.29 is 74.3 Å². The van der Waals surface area contributed by atoms with Gasteiger partial charge < -0.3 is 19.3 Å². The molecule has 0 aromatic rings. The zero-order valence-corrected chi connectivity index (χ0v) is 22.6. The molecule has 0 fully saturated rings. The van der Waals surface area contributed by atoms with E-state index in [0.717, 1.165) is 12.8 Å². The summed E-state index contributed by atoms with van der Waals surface area (Å²) in [5.74, 6) is -3.86. The number of unbranched alkanes of at least 4 members (excludes halogenated alkanes) is 1. The zero-order chi connectivity index (χ0) is 25.9. The first-order valence-corrected chi connectivity index (χ1v) is 10.2. The summed E-state index contributed by atoms with van der Waals surface area (Å²) in [6.07, 6.45) is 4.94. The van der Waals surface area contributed by atoms with Crippen LogP contribution in [0.2, 0.25) is 0 Å². The first-order chi connectivity index (χ1) is 14.9. The van der Waals surface area contributed by atoms with Gasteiger partial charge in [-0.3, -0.25) is 49.5 Å². The van der Waals surface area contributed by atoms with Crippen LogP contribution in [0.4, 0.5) is 0 Å². The van der Waals surface area contributed by atoms with Gasteiger partial charge in [0.05, 0.1) is 0 Å². The summed E-state index contributed by atoms with van der Waals surface area (Å²) < 4.78 is 12.3. The van der Waals surface area contributed by atoms with Gasteiger partial charge in [-0.05, 0) is 25.7 Å². The van der Waals surface area contributed by atoms with Crippen molar-refractivity contribution in [1.82, 2.24) is 0 Å². The summed E-state index contributed by atoms with van der Waals surface area (Å²) in [4.78, 5) is 61.0. The van der Waals surface area contributed by atoms with Gasteiger partial charge in [-0.1, -0.05) is 34.1 Å². The molecule has 1 N–H and O–H groups in total. The van der Waals surface area contributed by atoms with Gasteiger partial charge in [-0.25, -0.2) is 0 Å². The molecule has 0 aliphatic carbocycles. The molecular formula is C22H37O10Zr. The zero-order valence-electron chi connectivity index (χ0n) is 20.1. The van der Waals surface area contributed by atoms with E-state index in [9.17, 15) is 28.8 Å². The van der Waals surface area contributed by atoms with Crippen molar-refractivity contribution in [3.63, 3.8) is 0 Å². The maximum atomic E-state index is 10.4. The number of aliphatic hydroxyl groups excluding tert-OH is 1. The Hall–Kier alpha value is -2.13. The Balaban J connectivity index is -0.000000107. The molecule has 0 bridgehead atoms. The van der Waals surface area contributed by atoms with Gasteiger partial charge in [0, 0.05) is 25.9 Å². The average Bonchev–Trinajstić information content (AvgIpc) is 2.62. The molecule has 1 radical (unpaired) electrons. The molecule has 0 saturated heterocycles. The quantitative estimate of drug-likeness (QED) is 0.206. The molecule has 0 unspecified atom stereocenters. The molecule has 33 heavy (non-hydrogen) atoms. The normalized spacial score (nSPS) is 8.27. The predicted octanol–water partition coefficient (Wildman–Crippen LogP) is 2.85. The van der Waals surface area contributed by atoms with E-state index in [4.69, 9.17) is 5.11 Å². The van der Waals surface area contributed by atoms with Crippen LogP contribution in [-0.2, 0) is 69.2 Å². The molecule has 0 heterocycles. The third kappa shape index (κ3) is 53.3. The van der Waals surface area contributed by atoms with Gasteiger partial charge in [0.25, 0.3) is 0 Å². The summed E-state index contributed by atoms with van der Waals surface area (Å²) in [6.45, 7) is 16.5. The number of ether oxygens (including phenoxy) is 3. The van der Waals surface area contributed by atoms with Crippen molar-refractivity contribution in [2.24, 2.45) is 0 Å². The van der Waals surface area contributed by atoms with E-state index in [1.54, 1.807) is 0 Å². The van der Waals surface area contributed by atoms with Crippen LogP contribution in [0.5, 0.6) is 0 Å². The van der Waals surface area contributed by atoms with Crippen molar-refractivity contribution in [2.45, 2.75) is 79.1 Å². The van der Waals surface area contributed by atoms with E-state index < -0.39 is 35.8 Å². The fourth-order valence-electron chi connectivity index (χ4n) is 1.30. The van der Waals surface area contributed by atoms with E-state index in [1.807, 2.05) is 20.8 Å². The smallest absolute Gasteiger partial charge is 0.421 e. The topological polar surface area (TPSA) is 150 Å². The molecule has 0 rings (SSSR count). The number of carbonyl (C=O) groups excluding carboxylic acids is 6. The van der Waals surface area contributed by atoms with Crippen LogP contribution in [0.1, 0.15) is 79.1 Å². The fourth-order valence-corrected chi connectivity index (χ4v) is 1.30. The Labute approximate surface area is 216 Å². The van der Waals surface area contributed by atoms with E-state index in [2.05, 4.69) is 41.9 Å². The second-order valence-electron chi connectivity index (χ2n) is 5.87. The number of hydrogen-bond acceptors (Lipinski definition) is 10. The van der Waals surface area contributed by atoms with Gasteiger partial charge in [-0.15, -0.1) is 0 Å². The third-order valence-corrected chi connectivity index (χ3v) is 2.56. The molecule has 11 heteroatoms. The van der Waals surface area contributed by atoms with Crippen LogP contribution in [0, 0.1) is 20.8 Å². The first kappa shape index (κ1) is 41.2. The van der Waals surface area contributed by atoms with Crippen LogP contribution in [0.25, 0.3) is 0 Å². The largest absolute Gasteiger partial charge is 3.00 e. The van der Waals surface area contributed by atoms with Crippen molar-refractivity contribution >= 4 is 35.8 Å². The molecule has 189 valence electrons. The van der Waals surface area contributed by atoms with Crippen LogP contribution in [-0.4, -0.2) is 47.5 Å². The molecule has 10 nitrogen and oxygen atoms in total. The van der Waals surface area contributed by atoms with E-state index in [-0.39, 0.29) is 45.5 Å². The molecule has 0 atom stereocenters. The summed E-state index contributed by atoms with van der Waals surface area (Å²) in [5, 5.41) is 8.07. The SMILES string of the molecule is CCCCO.[CH2-]C(=O)OC(=O)CCC.[CH2-]C(=O)OC(=O)CCC.[CH2-]C(=O)OC(=O)CCC.[Zr+3]. The number of rotatable bonds is 8. The third-order valence-electron chi connectivity index (χ3n) is 2.56. The summed E-state index contributed by atoms with van der Waals surface area (Å²) in [6, 6.07) is 0. The van der Waals surface area contributed by atoms with Gasteiger partial charge in [0.15, 0.2) is 17.9 Å². The molecule has 0 aromatic carbocycles.